The smallest absolute Gasteiger partial charge is 0.155 e. The Labute approximate surface area is 84.1 Å². The number of aromatic nitrogens is 2. The highest BCUT2D eigenvalue weighted by molar-refractivity contribution is 5.46. The molecule has 0 radical (unpaired) electrons. The van der Waals surface area contributed by atoms with Gasteiger partial charge in [0, 0.05) is 25.2 Å². The fraction of sp³-hybridized carbons (Fsp3) is 0.600. The minimum absolute atomic E-state index is 0.530. The minimum atomic E-state index is 0.530. The van der Waals surface area contributed by atoms with Crippen molar-refractivity contribution in [2.45, 2.75) is 31.8 Å². The molecule has 1 heterocycles. The molecular formula is C10H16N4. The van der Waals surface area contributed by atoms with Crippen LogP contribution in [-0.4, -0.2) is 23.3 Å². The molecule has 1 aromatic heterocycles. The van der Waals surface area contributed by atoms with Crippen LogP contribution in [0.15, 0.2) is 12.3 Å². The Balaban J connectivity index is 2.20. The van der Waals surface area contributed by atoms with Gasteiger partial charge >= 0.3 is 0 Å². The number of nitrogens with zero attached hydrogens (tertiary/aromatic N) is 3. The van der Waals surface area contributed by atoms with Gasteiger partial charge in [-0.05, 0) is 25.3 Å². The maximum Gasteiger partial charge on any atom is 0.155 e. The van der Waals surface area contributed by atoms with Gasteiger partial charge in [0.2, 0.25) is 0 Å². The second kappa shape index (κ2) is 3.92. The van der Waals surface area contributed by atoms with E-state index < -0.39 is 0 Å². The van der Waals surface area contributed by atoms with Crippen LogP contribution in [0.2, 0.25) is 0 Å². The van der Waals surface area contributed by atoms with E-state index in [0.717, 1.165) is 11.4 Å². The lowest BCUT2D eigenvalue weighted by Crippen LogP contribution is -2.38. The van der Waals surface area contributed by atoms with E-state index in [0.29, 0.717) is 12.6 Å². The van der Waals surface area contributed by atoms with E-state index in [2.05, 4.69) is 22.1 Å². The van der Waals surface area contributed by atoms with Crippen molar-refractivity contribution in [3.8, 4) is 0 Å². The highest BCUT2D eigenvalue weighted by atomic mass is 15.3. The molecule has 14 heavy (non-hydrogen) atoms. The molecule has 76 valence electrons. The van der Waals surface area contributed by atoms with Crippen molar-refractivity contribution in [1.29, 1.82) is 0 Å². The molecule has 0 bridgehead atoms. The molecule has 0 atom stereocenters. The van der Waals surface area contributed by atoms with Gasteiger partial charge in [0.25, 0.3) is 0 Å². The summed E-state index contributed by atoms with van der Waals surface area (Å²) in [6, 6.07) is 2.58. The summed E-state index contributed by atoms with van der Waals surface area (Å²) < 4.78 is 0. The van der Waals surface area contributed by atoms with E-state index in [1.807, 2.05) is 6.07 Å². The Morgan fingerprint density at radius 2 is 2.36 bits per heavy atom. The second-order valence-electron chi connectivity index (χ2n) is 3.78. The van der Waals surface area contributed by atoms with Crippen LogP contribution < -0.4 is 10.6 Å². The Kier molecular flexibility index (Phi) is 2.63. The highest BCUT2D eigenvalue weighted by Crippen LogP contribution is 2.28. The maximum atomic E-state index is 5.65. The average Bonchev–Trinajstić information content (AvgIpc) is 2.15. The third-order valence-corrected chi connectivity index (χ3v) is 2.96. The Morgan fingerprint density at radius 1 is 1.57 bits per heavy atom. The van der Waals surface area contributed by atoms with Crippen molar-refractivity contribution in [2.24, 2.45) is 5.73 Å². The fourth-order valence-electron chi connectivity index (χ4n) is 1.75. The quantitative estimate of drug-likeness (QED) is 0.774. The van der Waals surface area contributed by atoms with E-state index >= 15 is 0 Å². The molecule has 0 spiro atoms. The van der Waals surface area contributed by atoms with Crippen LogP contribution in [0.1, 0.15) is 24.8 Å². The Hall–Kier alpha value is -1.16. The topological polar surface area (TPSA) is 55.0 Å². The molecule has 1 aromatic rings. The normalized spacial score (nSPS) is 16.4. The standard InChI is InChI=1S/C10H16N4/c1-14(9-3-2-4-9)10-8(7-11)5-6-12-13-10/h5-6,9H,2-4,7,11H2,1H3. The number of anilines is 1. The molecule has 0 amide bonds. The SMILES string of the molecule is CN(c1nnccc1CN)C1CCC1. The van der Waals surface area contributed by atoms with Crippen LogP contribution in [-0.2, 0) is 6.54 Å². The summed E-state index contributed by atoms with van der Waals surface area (Å²) in [7, 11) is 2.08. The van der Waals surface area contributed by atoms with Crippen LogP contribution in [0.5, 0.6) is 0 Å². The molecule has 4 nitrogen and oxygen atoms in total. The molecule has 0 saturated heterocycles. The van der Waals surface area contributed by atoms with Crippen LogP contribution >= 0.6 is 0 Å². The third kappa shape index (κ3) is 1.57. The molecule has 0 aromatic carbocycles. The zero-order valence-electron chi connectivity index (χ0n) is 8.48. The van der Waals surface area contributed by atoms with Crippen LogP contribution in [0.25, 0.3) is 0 Å². The third-order valence-electron chi connectivity index (χ3n) is 2.96. The summed E-state index contributed by atoms with van der Waals surface area (Å²) in [4.78, 5) is 2.21. The van der Waals surface area contributed by atoms with E-state index in [-0.39, 0.29) is 0 Å². The van der Waals surface area contributed by atoms with Gasteiger partial charge in [-0.15, -0.1) is 5.10 Å². The largest absolute Gasteiger partial charge is 0.355 e. The van der Waals surface area contributed by atoms with Crippen molar-refractivity contribution in [3.63, 3.8) is 0 Å². The fourth-order valence-corrected chi connectivity index (χ4v) is 1.75. The molecule has 2 rings (SSSR count). The number of hydrogen-bond donors (Lipinski definition) is 1. The van der Waals surface area contributed by atoms with Gasteiger partial charge < -0.3 is 10.6 Å². The van der Waals surface area contributed by atoms with Crippen LogP contribution in [0.4, 0.5) is 5.82 Å². The summed E-state index contributed by atoms with van der Waals surface area (Å²) in [6.45, 7) is 0.530. The summed E-state index contributed by atoms with van der Waals surface area (Å²) in [6.07, 6.45) is 5.54. The van der Waals surface area contributed by atoms with E-state index in [1.165, 1.54) is 19.3 Å². The zero-order valence-corrected chi connectivity index (χ0v) is 8.48. The first-order chi connectivity index (χ1) is 6.83. The lowest BCUT2D eigenvalue weighted by Gasteiger charge is -2.36. The van der Waals surface area contributed by atoms with Crippen LogP contribution in [0.3, 0.4) is 0 Å². The van der Waals surface area contributed by atoms with Gasteiger partial charge in [-0.2, -0.15) is 5.10 Å². The average molecular weight is 192 g/mol. The van der Waals surface area contributed by atoms with Gasteiger partial charge in [0.05, 0.1) is 6.20 Å². The predicted molar refractivity (Wildman–Crippen MR) is 56.0 cm³/mol. The molecule has 4 heteroatoms. The predicted octanol–water partition coefficient (Wildman–Crippen LogP) is 0.924. The molecule has 1 fully saturated rings. The van der Waals surface area contributed by atoms with Crippen molar-refractivity contribution in [3.05, 3.63) is 17.8 Å². The molecule has 1 aliphatic rings. The number of hydrogen-bond acceptors (Lipinski definition) is 4. The van der Waals surface area contributed by atoms with Gasteiger partial charge in [0.1, 0.15) is 0 Å². The van der Waals surface area contributed by atoms with Crippen LogP contribution in [0, 0.1) is 0 Å². The zero-order chi connectivity index (χ0) is 9.97. The number of rotatable bonds is 3. The first kappa shape index (κ1) is 9.40. The highest BCUT2D eigenvalue weighted by Gasteiger charge is 2.24. The minimum Gasteiger partial charge on any atom is -0.355 e. The van der Waals surface area contributed by atoms with Crippen molar-refractivity contribution in [2.75, 3.05) is 11.9 Å². The maximum absolute atomic E-state index is 5.65. The summed E-state index contributed by atoms with van der Waals surface area (Å²) in [5, 5.41) is 8.06. The summed E-state index contributed by atoms with van der Waals surface area (Å²) in [5.74, 6) is 0.944. The van der Waals surface area contributed by atoms with Crippen molar-refractivity contribution >= 4 is 5.82 Å². The van der Waals surface area contributed by atoms with Crippen molar-refractivity contribution in [1.82, 2.24) is 10.2 Å². The van der Waals surface area contributed by atoms with Gasteiger partial charge in [-0.25, -0.2) is 0 Å². The van der Waals surface area contributed by atoms with Crippen molar-refractivity contribution < 1.29 is 0 Å². The van der Waals surface area contributed by atoms with E-state index in [1.54, 1.807) is 6.20 Å². The van der Waals surface area contributed by atoms with E-state index in [4.69, 9.17) is 5.73 Å². The Morgan fingerprint density at radius 3 is 2.93 bits per heavy atom. The monoisotopic (exact) mass is 192 g/mol. The van der Waals surface area contributed by atoms with E-state index in [9.17, 15) is 0 Å². The van der Waals surface area contributed by atoms with Gasteiger partial charge in [0.15, 0.2) is 5.82 Å². The molecule has 2 N–H and O–H groups in total. The second-order valence-corrected chi connectivity index (χ2v) is 3.78. The Bertz CT molecular complexity index is 309. The number of nitrogens with two attached hydrogens (primary N) is 1. The van der Waals surface area contributed by atoms with Gasteiger partial charge in [-0.1, -0.05) is 0 Å². The lowest BCUT2D eigenvalue weighted by molar-refractivity contribution is 0.398. The molecule has 0 aliphatic heterocycles. The molecule has 0 unspecified atom stereocenters. The summed E-state index contributed by atoms with van der Waals surface area (Å²) in [5.41, 5.74) is 6.73. The molecule has 1 saturated carbocycles. The first-order valence-corrected chi connectivity index (χ1v) is 5.06. The lowest BCUT2D eigenvalue weighted by atomic mass is 9.92. The van der Waals surface area contributed by atoms with Gasteiger partial charge in [-0.3, -0.25) is 0 Å². The first-order valence-electron chi connectivity index (χ1n) is 5.06. The molecular weight excluding hydrogens is 176 g/mol. The molecule has 1 aliphatic carbocycles. The summed E-state index contributed by atoms with van der Waals surface area (Å²) >= 11 is 0.